The molecule has 1 atom stereocenters. The molecule has 5 nitrogen and oxygen atoms in total. The Kier molecular flexibility index (Phi) is 6.70. The van der Waals surface area contributed by atoms with Crippen LogP contribution in [0.5, 0.6) is 0 Å². The van der Waals surface area contributed by atoms with Crippen LogP contribution in [-0.4, -0.2) is 31.7 Å². The molecule has 2 aromatic rings. The number of benzene rings is 2. The van der Waals surface area contributed by atoms with Crippen LogP contribution in [0.15, 0.2) is 48.5 Å². The van der Waals surface area contributed by atoms with E-state index >= 15 is 0 Å². The van der Waals surface area contributed by atoms with Gasteiger partial charge in [-0.05, 0) is 48.1 Å². The number of sulfonamides is 1. The Labute approximate surface area is 172 Å². The number of rotatable bonds is 6. The van der Waals surface area contributed by atoms with Gasteiger partial charge in [0.1, 0.15) is 5.82 Å². The van der Waals surface area contributed by atoms with Gasteiger partial charge in [-0.3, -0.25) is 4.79 Å². The van der Waals surface area contributed by atoms with Crippen LogP contribution >= 0.6 is 0 Å². The molecule has 2 aromatic carbocycles. The summed E-state index contributed by atoms with van der Waals surface area (Å²) in [6, 6.07) is 13.1. The first kappa shape index (κ1) is 21.5. The predicted octanol–water partition coefficient (Wildman–Crippen LogP) is 4.13. The Balaban J connectivity index is 1.68. The minimum atomic E-state index is -3.58. The number of hydrogen-bond acceptors (Lipinski definition) is 3. The van der Waals surface area contributed by atoms with Crippen molar-refractivity contribution in [1.82, 2.24) is 4.31 Å². The van der Waals surface area contributed by atoms with E-state index in [2.05, 4.69) is 19.2 Å². The van der Waals surface area contributed by atoms with E-state index in [-0.39, 0.29) is 24.1 Å². The fourth-order valence-electron chi connectivity index (χ4n) is 3.64. The normalized spacial score (nSPS) is 18.0. The van der Waals surface area contributed by atoms with Crippen molar-refractivity contribution in [1.29, 1.82) is 0 Å². The topological polar surface area (TPSA) is 66.5 Å². The van der Waals surface area contributed by atoms with Crippen molar-refractivity contribution in [2.24, 2.45) is 5.92 Å². The molecule has 1 aliphatic rings. The second kappa shape index (κ2) is 9.05. The molecular weight excluding hydrogens is 391 g/mol. The molecule has 1 amide bonds. The Hall–Kier alpha value is -2.25. The smallest absolute Gasteiger partial charge is 0.228 e. The zero-order valence-corrected chi connectivity index (χ0v) is 17.6. The molecule has 29 heavy (non-hydrogen) atoms. The molecule has 0 saturated carbocycles. The quantitative estimate of drug-likeness (QED) is 0.767. The van der Waals surface area contributed by atoms with Crippen LogP contribution in [0, 0.1) is 11.7 Å². The highest BCUT2D eigenvalue weighted by Gasteiger charge is 2.32. The summed E-state index contributed by atoms with van der Waals surface area (Å²) in [5, 5.41) is 2.99. The lowest BCUT2D eigenvalue weighted by molar-refractivity contribution is -0.120. The number of piperidine rings is 1. The van der Waals surface area contributed by atoms with Crippen molar-refractivity contribution in [2.45, 2.75) is 38.4 Å². The number of amides is 1. The lowest BCUT2D eigenvalue weighted by Crippen LogP contribution is -2.44. The molecule has 1 N–H and O–H groups in total. The van der Waals surface area contributed by atoms with E-state index in [1.165, 1.54) is 28.6 Å². The molecule has 0 aromatic heterocycles. The van der Waals surface area contributed by atoms with Crippen LogP contribution < -0.4 is 5.32 Å². The van der Waals surface area contributed by atoms with Crippen molar-refractivity contribution < 1.29 is 17.6 Å². The van der Waals surface area contributed by atoms with Gasteiger partial charge in [-0.1, -0.05) is 44.2 Å². The third-order valence-electron chi connectivity index (χ3n) is 5.25. The molecule has 156 valence electrons. The standard InChI is InChI=1S/C22H27FN2O3S/c1-16(2)20-7-3-4-8-21(20)24-22(26)18-6-5-13-25(14-18)29(27,28)15-17-9-11-19(23)12-10-17/h3-4,7-12,16,18H,5-6,13-15H2,1-2H3,(H,24,26)/t18-/m0/s1. The number of carbonyl (C=O) groups is 1. The fourth-order valence-corrected chi connectivity index (χ4v) is 5.25. The summed E-state index contributed by atoms with van der Waals surface area (Å²) in [7, 11) is -3.58. The highest BCUT2D eigenvalue weighted by Crippen LogP contribution is 2.26. The third-order valence-corrected chi connectivity index (χ3v) is 7.07. The van der Waals surface area contributed by atoms with Crippen LogP contribution in [0.2, 0.25) is 0 Å². The molecule has 0 aliphatic carbocycles. The van der Waals surface area contributed by atoms with E-state index in [9.17, 15) is 17.6 Å². The second-order valence-electron chi connectivity index (χ2n) is 7.81. The molecule has 0 spiro atoms. The number of nitrogens with one attached hydrogen (secondary N) is 1. The second-order valence-corrected chi connectivity index (χ2v) is 9.78. The Morgan fingerprint density at radius 3 is 2.55 bits per heavy atom. The Morgan fingerprint density at radius 2 is 1.86 bits per heavy atom. The molecule has 3 rings (SSSR count). The highest BCUT2D eigenvalue weighted by molar-refractivity contribution is 7.88. The number of halogens is 1. The van der Waals surface area contributed by atoms with Crippen molar-refractivity contribution in [3.8, 4) is 0 Å². The average Bonchev–Trinajstić information content (AvgIpc) is 2.70. The maximum absolute atomic E-state index is 13.1. The van der Waals surface area contributed by atoms with E-state index in [1.54, 1.807) is 0 Å². The van der Waals surface area contributed by atoms with Crippen LogP contribution in [0.25, 0.3) is 0 Å². The highest BCUT2D eigenvalue weighted by atomic mass is 32.2. The van der Waals surface area contributed by atoms with Crippen molar-refractivity contribution in [3.63, 3.8) is 0 Å². The third kappa shape index (κ3) is 5.42. The zero-order chi connectivity index (χ0) is 21.0. The van der Waals surface area contributed by atoms with Gasteiger partial charge in [0.25, 0.3) is 0 Å². The number of hydrogen-bond donors (Lipinski definition) is 1. The Morgan fingerprint density at radius 1 is 1.17 bits per heavy atom. The van der Waals surface area contributed by atoms with Gasteiger partial charge in [0.2, 0.25) is 15.9 Å². The van der Waals surface area contributed by atoms with Gasteiger partial charge >= 0.3 is 0 Å². The van der Waals surface area contributed by atoms with Gasteiger partial charge in [0.05, 0.1) is 11.7 Å². The van der Waals surface area contributed by atoms with E-state index in [0.29, 0.717) is 24.9 Å². The zero-order valence-electron chi connectivity index (χ0n) is 16.8. The Bertz CT molecular complexity index is 958. The van der Waals surface area contributed by atoms with Crippen molar-refractivity contribution in [3.05, 3.63) is 65.5 Å². The summed E-state index contributed by atoms with van der Waals surface area (Å²) >= 11 is 0. The fraction of sp³-hybridized carbons (Fsp3) is 0.409. The van der Waals surface area contributed by atoms with E-state index in [0.717, 1.165) is 11.3 Å². The SMILES string of the molecule is CC(C)c1ccccc1NC(=O)[C@H]1CCCN(S(=O)(=O)Cc2ccc(F)cc2)C1. The van der Waals surface area contributed by atoms with Crippen LogP contribution in [-0.2, 0) is 20.6 Å². The molecule has 1 heterocycles. The minimum Gasteiger partial charge on any atom is -0.326 e. The number of carbonyl (C=O) groups excluding carboxylic acids is 1. The maximum Gasteiger partial charge on any atom is 0.228 e. The predicted molar refractivity (Wildman–Crippen MR) is 112 cm³/mol. The molecule has 7 heteroatoms. The van der Waals surface area contributed by atoms with Crippen LogP contribution in [0.3, 0.4) is 0 Å². The lowest BCUT2D eigenvalue weighted by Gasteiger charge is -2.31. The first-order chi connectivity index (χ1) is 13.8. The summed E-state index contributed by atoms with van der Waals surface area (Å²) in [5.74, 6) is -0.877. The molecule has 0 radical (unpaired) electrons. The molecule has 0 bridgehead atoms. The molecular formula is C22H27FN2O3S. The maximum atomic E-state index is 13.1. The number of anilines is 1. The lowest BCUT2D eigenvalue weighted by atomic mass is 9.97. The largest absolute Gasteiger partial charge is 0.326 e. The molecule has 1 saturated heterocycles. The number of nitrogens with zero attached hydrogens (tertiary/aromatic N) is 1. The van der Waals surface area contributed by atoms with Crippen LogP contribution in [0.4, 0.5) is 10.1 Å². The average molecular weight is 419 g/mol. The number of para-hydroxylation sites is 1. The molecule has 0 unspecified atom stereocenters. The van der Waals surface area contributed by atoms with Gasteiger partial charge < -0.3 is 5.32 Å². The molecule has 1 aliphatic heterocycles. The monoisotopic (exact) mass is 418 g/mol. The van der Waals surface area contributed by atoms with E-state index in [1.807, 2.05) is 24.3 Å². The summed E-state index contributed by atoms with van der Waals surface area (Å²) < 4.78 is 40.1. The van der Waals surface area contributed by atoms with Gasteiger partial charge in [0, 0.05) is 18.8 Å². The van der Waals surface area contributed by atoms with E-state index < -0.39 is 21.8 Å². The van der Waals surface area contributed by atoms with E-state index in [4.69, 9.17) is 0 Å². The summed E-state index contributed by atoms with van der Waals surface area (Å²) in [6.45, 7) is 4.69. The summed E-state index contributed by atoms with van der Waals surface area (Å²) in [4.78, 5) is 12.8. The van der Waals surface area contributed by atoms with Gasteiger partial charge in [-0.15, -0.1) is 0 Å². The van der Waals surface area contributed by atoms with Gasteiger partial charge in [0.15, 0.2) is 0 Å². The first-order valence-corrected chi connectivity index (χ1v) is 11.5. The molecule has 1 fully saturated rings. The van der Waals surface area contributed by atoms with Crippen molar-refractivity contribution >= 4 is 21.6 Å². The van der Waals surface area contributed by atoms with Crippen molar-refractivity contribution in [2.75, 3.05) is 18.4 Å². The van der Waals surface area contributed by atoms with Gasteiger partial charge in [-0.2, -0.15) is 0 Å². The summed E-state index contributed by atoms with van der Waals surface area (Å²) in [6.07, 6.45) is 1.28. The van der Waals surface area contributed by atoms with Gasteiger partial charge in [-0.25, -0.2) is 17.1 Å². The van der Waals surface area contributed by atoms with Crippen LogP contribution in [0.1, 0.15) is 43.7 Å². The minimum absolute atomic E-state index is 0.153. The first-order valence-electron chi connectivity index (χ1n) is 9.88. The summed E-state index contributed by atoms with van der Waals surface area (Å²) in [5.41, 5.74) is 2.36.